The van der Waals surface area contributed by atoms with Gasteiger partial charge in [-0.05, 0) is 63.0 Å². The second kappa shape index (κ2) is 13.1. The molecule has 2 rings (SSSR count). The molecule has 1 fully saturated rings. The topological polar surface area (TPSA) is 41.1 Å². The van der Waals surface area contributed by atoms with Gasteiger partial charge in [0.25, 0.3) is 0 Å². The summed E-state index contributed by atoms with van der Waals surface area (Å²) in [7, 11) is 0. The van der Waals surface area contributed by atoms with E-state index in [0.29, 0.717) is 12.2 Å². The van der Waals surface area contributed by atoms with Gasteiger partial charge in [0.2, 0.25) is 0 Å². The molecule has 0 aromatic heterocycles. The van der Waals surface area contributed by atoms with Crippen LogP contribution in [0.1, 0.15) is 52.0 Å². The van der Waals surface area contributed by atoms with Crippen molar-refractivity contribution < 1.29 is 4.79 Å². The van der Waals surface area contributed by atoms with E-state index >= 15 is 0 Å². The van der Waals surface area contributed by atoms with Gasteiger partial charge in [-0.25, -0.2) is 0 Å². The summed E-state index contributed by atoms with van der Waals surface area (Å²) in [5.41, 5.74) is 5.02. The Bertz CT molecular complexity index is 869. The number of anilines is 1. The molecule has 1 aromatic rings. The normalized spacial score (nSPS) is 16.2. The molecule has 1 aromatic carbocycles. The highest BCUT2D eigenvalue weighted by Gasteiger charge is 2.23. The Hall–Kier alpha value is -2.36. The standard InChI is InChI=1S/C27H35ClN2O/c1-5-22(12-11-21(4)27(31)24-9-7-8-10-24)23-13-15-26(16-14-23)30-19-29-18-20(3)17-25(28)6-2/h5-6,11-17,24,29-30H,4,7-10,18-19H2,1-3H3/b12-11-,20-17-,22-5+,25-6+. The van der Waals surface area contributed by atoms with E-state index in [2.05, 4.69) is 54.5 Å². The lowest BCUT2D eigenvalue weighted by Crippen LogP contribution is -2.23. The molecule has 0 heterocycles. The molecule has 0 spiro atoms. The molecule has 0 radical (unpaired) electrons. The number of benzene rings is 1. The van der Waals surface area contributed by atoms with E-state index in [0.717, 1.165) is 54.1 Å². The lowest BCUT2D eigenvalue weighted by Gasteiger charge is -2.10. The van der Waals surface area contributed by atoms with Gasteiger partial charge in [-0.1, -0.05) is 73.0 Å². The maximum absolute atomic E-state index is 12.5. The van der Waals surface area contributed by atoms with Gasteiger partial charge in [0.15, 0.2) is 5.78 Å². The van der Waals surface area contributed by atoms with Crippen LogP contribution in [0, 0.1) is 5.92 Å². The number of carbonyl (C=O) groups is 1. The van der Waals surface area contributed by atoms with Crippen molar-refractivity contribution in [3.8, 4) is 0 Å². The molecule has 166 valence electrons. The lowest BCUT2D eigenvalue weighted by molar-refractivity contribution is -0.118. The number of ketones is 1. The summed E-state index contributed by atoms with van der Waals surface area (Å²) in [6.45, 7) is 11.4. The third-order valence-electron chi connectivity index (χ3n) is 5.52. The molecular formula is C27H35ClN2O. The molecule has 1 saturated carbocycles. The first-order valence-corrected chi connectivity index (χ1v) is 11.4. The highest BCUT2D eigenvalue weighted by atomic mass is 35.5. The van der Waals surface area contributed by atoms with Gasteiger partial charge in [-0.3, -0.25) is 10.1 Å². The van der Waals surface area contributed by atoms with Gasteiger partial charge in [-0.15, -0.1) is 0 Å². The number of rotatable bonds is 11. The molecule has 1 aliphatic carbocycles. The fourth-order valence-corrected chi connectivity index (χ4v) is 3.84. The summed E-state index contributed by atoms with van der Waals surface area (Å²) < 4.78 is 0. The summed E-state index contributed by atoms with van der Waals surface area (Å²) in [6, 6.07) is 8.29. The Morgan fingerprint density at radius 3 is 2.42 bits per heavy atom. The molecule has 1 aliphatic rings. The second-order valence-electron chi connectivity index (χ2n) is 7.97. The van der Waals surface area contributed by atoms with Crippen molar-refractivity contribution in [2.75, 3.05) is 18.5 Å². The summed E-state index contributed by atoms with van der Waals surface area (Å²) in [5, 5.41) is 7.47. The first kappa shape index (κ1) is 24.9. The molecule has 0 aliphatic heterocycles. The maximum Gasteiger partial charge on any atom is 0.165 e. The average Bonchev–Trinajstić information content (AvgIpc) is 3.32. The van der Waals surface area contributed by atoms with Crippen LogP contribution in [0.15, 0.2) is 77.4 Å². The smallest absolute Gasteiger partial charge is 0.165 e. The van der Waals surface area contributed by atoms with Crippen LogP contribution in [0.5, 0.6) is 0 Å². The molecule has 2 N–H and O–H groups in total. The zero-order valence-corrected chi connectivity index (χ0v) is 19.8. The highest BCUT2D eigenvalue weighted by molar-refractivity contribution is 6.31. The van der Waals surface area contributed by atoms with Crippen molar-refractivity contribution in [2.24, 2.45) is 5.92 Å². The highest BCUT2D eigenvalue weighted by Crippen LogP contribution is 2.28. The Morgan fingerprint density at radius 2 is 1.81 bits per heavy atom. The molecule has 0 unspecified atom stereocenters. The van der Waals surface area contributed by atoms with Crippen molar-refractivity contribution in [1.29, 1.82) is 0 Å². The quantitative estimate of drug-likeness (QED) is 0.169. The summed E-state index contributed by atoms with van der Waals surface area (Å²) >= 11 is 6.02. The van der Waals surface area contributed by atoms with Gasteiger partial charge < -0.3 is 5.32 Å². The maximum atomic E-state index is 12.5. The number of carbonyl (C=O) groups excluding carboxylic acids is 1. The Morgan fingerprint density at radius 1 is 1.13 bits per heavy atom. The van der Waals surface area contributed by atoms with Gasteiger partial charge in [0.05, 0.1) is 6.67 Å². The third kappa shape index (κ3) is 8.35. The minimum Gasteiger partial charge on any atom is -0.372 e. The lowest BCUT2D eigenvalue weighted by atomic mass is 9.96. The van der Waals surface area contributed by atoms with Crippen molar-refractivity contribution in [3.63, 3.8) is 0 Å². The number of nitrogens with one attached hydrogen (secondary N) is 2. The van der Waals surface area contributed by atoms with E-state index in [-0.39, 0.29) is 11.7 Å². The van der Waals surface area contributed by atoms with Crippen molar-refractivity contribution in [3.05, 3.63) is 83.0 Å². The Kier molecular flexibility index (Phi) is 10.6. The van der Waals surface area contributed by atoms with Crippen LogP contribution in [-0.4, -0.2) is 19.0 Å². The predicted octanol–water partition coefficient (Wildman–Crippen LogP) is 7.01. The van der Waals surface area contributed by atoms with Crippen LogP contribution < -0.4 is 10.6 Å². The van der Waals surface area contributed by atoms with Crippen molar-refractivity contribution in [2.45, 2.75) is 46.5 Å². The zero-order chi connectivity index (χ0) is 22.6. The Labute approximate surface area is 192 Å². The van der Waals surface area contributed by atoms with Crippen LogP contribution in [-0.2, 0) is 4.79 Å². The first-order chi connectivity index (χ1) is 14.9. The predicted molar refractivity (Wildman–Crippen MR) is 135 cm³/mol. The fraction of sp³-hybridized carbons (Fsp3) is 0.370. The zero-order valence-electron chi connectivity index (χ0n) is 19.0. The SMILES string of the molecule is C=C(/C=C\C(=C/C)c1ccc(NCNC/C(C)=C\C(Cl)=C/C)cc1)C(=O)C1CCCC1. The van der Waals surface area contributed by atoms with E-state index < -0.39 is 0 Å². The number of Topliss-reactive ketones (excluding diaryl/α,β-unsaturated/α-hetero) is 1. The number of hydrogen-bond acceptors (Lipinski definition) is 3. The summed E-state index contributed by atoms with van der Waals surface area (Å²) in [4.78, 5) is 12.5. The van der Waals surface area contributed by atoms with Crippen LogP contribution in [0.2, 0.25) is 0 Å². The fourth-order valence-electron chi connectivity index (χ4n) is 3.66. The van der Waals surface area contributed by atoms with Crippen LogP contribution >= 0.6 is 11.6 Å². The largest absolute Gasteiger partial charge is 0.372 e. The van der Waals surface area contributed by atoms with E-state index in [4.69, 9.17) is 11.6 Å². The second-order valence-corrected chi connectivity index (χ2v) is 8.41. The third-order valence-corrected chi connectivity index (χ3v) is 5.84. The molecule has 0 amide bonds. The number of allylic oxidation sites excluding steroid dienone is 8. The molecular weight excluding hydrogens is 404 g/mol. The molecule has 0 bridgehead atoms. The van der Waals surface area contributed by atoms with Crippen molar-refractivity contribution >= 4 is 28.6 Å². The van der Waals surface area contributed by atoms with Gasteiger partial charge in [0, 0.05) is 28.8 Å². The van der Waals surface area contributed by atoms with E-state index in [1.54, 1.807) is 0 Å². The molecule has 0 atom stereocenters. The summed E-state index contributed by atoms with van der Waals surface area (Å²) in [5.74, 6) is 0.374. The molecule has 0 saturated heterocycles. The van der Waals surface area contributed by atoms with Crippen molar-refractivity contribution in [1.82, 2.24) is 5.32 Å². The van der Waals surface area contributed by atoms with Crippen LogP contribution in [0.3, 0.4) is 0 Å². The van der Waals surface area contributed by atoms with Gasteiger partial charge >= 0.3 is 0 Å². The van der Waals surface area contributed by atoms with Gasteiger partial charge in [-0.2, -0.15) is 0 Å². The number of halogens is 1. The van der Waals surface area contributed by atoms with Crippen LogP contribution in [0.25, 0.3) is 5.57 Å². The first-order valence-electron chi connectivity index (χ1n) is 11.1. The molecule has 4 heteroatoms. The average molecular weight is 439 g/mol. The summed E-state index contributed by atoms with van der Waals surface area (Å²) in [6.07, 6.45) is 14.1. The van der Waals surface area contributed by atoms with E-state index in [1.807, 2.05) is 38.2 Å². The minimum absolute atomic E-state index is 0.171. The monoisotopic (exact) mass is 438 g/mol. The number of hydrogen-bond donors (Lipinski definition) is 2. The molecule has 3 nitrogen and oxygen atoms in total. The van der Waals surface area contributed by atoms with E-state index in [9.17, 15) is 4.79 Å². The van der Waals surface area contributed by atoms with Crippen LogP contribution in [0.4, 0.5) is 5.69 Å². The molecule has 31 heavy (non-hydrogen) atoms. The Balaban J connectivity index is 1.85. The van der Waals surface area contributed by atoms with Gasteiger partial charge in [0.1, 0.15) is 0 Å². The van der Waals surface area contributed by atoms with E-state index in [1.165, 1.54) is 5.57 Å². The minimum atomic E-state index is 0.171.